The molecule has 3 N–H and O–H groups in total. The maximum absolute atomic E-state index is 13.2. The topological polar surface area (TPSA) is 36.1 Å². The number of anilines is 1. The van der Waals surface area contributed by atoms with Crippen LogP contribution in [0, 0.1) is 11.6 Å². The average Bonchev–Trinajstić information content (AvgIpc) is 3.00. The predicted octanol–water partition coefficient (Wildman–Crippen LogP) is 1.92. The summed E-state index contributed by atoms with van der Waals surface area (Å²) >= 11 is 4.96. The van der Waals surface area contributed by atoms with Gasteiger partial charge in [0.15, 0.2) is 10.9 Å². The molecule has 1 aliphatic carbocycles. The van der Waals surface area contributed by atoms with E-state index in [1.165, 1.54) is 12.1 Å². The fourth-order valence-electron chi connectivity index (χ4n) is 1.16. The Morgan fingerprint density at radius 2 is 2.06 bits per heavy atom. The molecular weight excluding hydrogens is 232 g/mol. The number of hydrogen-bond acceptors (Lipinski definition) is 2. The molecule has 0 unspecified atom stereocenters. The molecular formula is C10H11F2N3S. The summed E-state index contributed by atoms with van der Waals surface area (Å²) in [5, 5.41) is 3.42. The SMILES string of the molecule is Fc1ccc(NNC(=S)NC2CC2)c(F)c1. The minimum atomic E-state index is -0.665. The van der Waals surface area contributed by atoms with Crippen molar-refractivity contribution in [2.75, 3.05) is 5.43 Å². The van der Waals surface area contributed by atoms with Crippen molar-refractivity contribution in [2.24, 2.45) is 0 Å². The normalized spacial score (nSPS) is 14.4. The molecule has 0 spiro atoms. The minimum Gasteiger partial charge on any atom is -0.359 e. The van der Waals surface area contributed by atoms with Gasteiger partial charge in [-0.3, -0.25) is 10.9 Å². The van der Waals surface area contributed by atoms with E-state index in [2.05, 4.69) is 16.2 Å². The maximum atomic E-state index is 13.2. The minimum absolute atomic E-state index is 0.154. The highest BCUT2D eigenvalue weighted by molar-refractivity contribution is 7.80. The van der Waals surface area contributed by atoms with Crippen LogP contribution in [0.3, 0.4) is 0 Å². The molecule has 0 aromatic heterocycles. The standard InChI is InChI=1S/C10H11F2N3S/c11-6-1-4-9(8(12)5-6)14-15-10(16)13-7-2-3-7/h1,4-5,7,14H,2-3H2,(H2,13,15,16). The van der Waals surface area contributed by atoms with Crippen molar-refractivity contribution >= 4 is 23.0 Å². The number of thiocarbonyl (C=S) groups is 1. The average molecular weight is 243 g/mol. The van der Waals surface area contributed by atoms with Gasteiger partial charge in [0, 0.05) is 12.1 Å². The zero-order chi connectivity index (χ0) is 11.5. The highest BCUT2D eigenvalue weighted by Gasteiger charge is 2.21. The Bertz CT molecular complexity index is 407. The summed E-state index contributed by atoms with van der Waals surface area (Å²) in [5.41, 5.74) is 5.37. The van der Waals surface area contributed by atoms with Crippen LogP contribution in [0.4, 0.5) is 14.5 Å². The summed E-state index contributed by atoms with van der Waals surface area (Å²) in [6, 6.07) is 3.71. The van der Waals surface area contributed by atoms with E-state index in [4.69, 9.17) is 12.2 Å². The van der Waals surface area contributed by atoms with E-state index in [0.29, 0.717) is 11.2 Å². The van der Waals surface area contributed by atoms with Crippen LogP contribution < -0.4 is 16.2 Å². The second kappa shape index (κ2) is 4.61. The Morgan fingerprint density at radius 3 is 2.69 bits per heavy atom. The molecule has 0 radical (unpaired) electrons. The molecule has 16 heavy (non-hydrogen) atoms. The van der Waals surface area contributed by atoms with Gasteiger partial charge in [-0.1, -0.05) is 0 Å². The van der Waals surface area contributed by atoms with Gasteiger partial charge >= 0.3 is 0 Å². The highest BCUT2D eigenvalue weighted by Crippen LogP contribution is 2.18. The molecule has 0 amide bonds. The highest BCUT2D eigenvalue weighted by atomic mass is 32.1. The van der Waals surface area contributed by atoms with E-state index in [9.17, 15) is 8.78 Å². The first-order valence-corrected chi connectivity index (χ1v) is 5.33. The largest absolute Gasteiger partial charge is 0.359 e. The van der Waals surface area contributed by atoms with Crippen molar-refractivity contribution in [2.45, 2.75) is 18.9 Å². The molecule has 1 aromatic carbocycles. The van der Waals surface area contributed by atoms with Crippen LogP contribution in [0.25, 0.3) is 0 Å². The van der Waals surface area contributed by atoms with Gasteiger partial charge in [0.1, 0.15) is 5.82 Å². The molecule has 0 atom stereocenters. The Hall–Kier alpha value is -1.43. The zero-order valence-electron chi connectivity index (χ0n) is 8.39. The smallest absolute Gasteiger partial charge is 0.185 e. The third-order valence-electron chi connectivity index (χ3n) is 2.15. The molecule has 3 nitrogen and oxygen atoms in total. The van der Waals surface area contributed by atoms with E-state index in [1.807, 2.05) is 0 Å². The van der Waals surface area contributed by atoms with Crippen LogP contribution in [-0.4, -0.2) is 11.2 Å². The molecule has 1 saturated carbocycles. The molecule has 6 heteroatoms. The van der Waals surface area contributed by atoms with Crippen molar-refractivity contribution < 1.29 is 8.78 Å². The van der Waals surface area contributed by atoms with Crippen LogP contribution in [-0.2, 0) is 0 Å². The van der Waals surface area contributed by atoms with Crippen LogP contribution in [0.5, 0.6) is 0 Å². The quantitative estimate of drug-likeness (QED) is 0.560. The van der Waals surface area contributed by atoms with Crippen molar-refractivity contribution in [1.82, 2.24) is 10.7 Å². The van der Waals surface area contributed by atoms with Crippen molar-refractivity contribution in [3.05, 3.63) is 29.8 Å². The first kappa shape index (κ1) is 11.1. The molecule has 0 heterocycles. The van der Waals surface area contributed by atoms with Crippen LogP contribution in [0.1, 0.15) is 12.8 Å². The van der Waals surface area contributed by atoms with Gasteiger partial charge in [0.2, 0.25) is 0 Å². The fraction of sp³-hybridized carbons (Fsp3) is 0.300. The number of hydrazine groups is 1. The fourth-order valence-corrected chi connectivity index (χ4v) is 1.38. The Labute approximate surface area is 97.2 Å². The van der Waals surface area contributed by atoms with Gasteiger partial charge in [-0.05, 0) is 37.2 Å². The van der Waals surface area contributed by atoms with E-state index in [-0.39, 0.29) is 5.69 Å². The van der Waals surface area contributed by atoms with Gasteiger partial charge in [-0.25, -0.2) is 8.78 Å². The van der Waals surface area contributed by atoms with Gasteiger partial charge in [0.05, 0.1) is 5.69 Å². The number of nitrogens with one attached hydrogen (secondary N) is 3. The first-order chi connectivity index (χ1) is 7.65. The van der Waals surface area contributed by atoms with Gasteiger partial charge in [-0.2, -0.15) is 0 Å². The Balaban J connectivity index is 1.85. The molecule has 2 rings (SSSR count). The maximum Gasteiger partial charge on any atom is 0.185 e. The van der Waals surface area contributed by atoms with Crippen LogP contribution in [0.15, 0.2) is 18.2 Å². The number of rotatable bonds is 3. The lowest BCUT2D eigenvalue weighted by molar-refractivity contribution is 0.584. The summed E-state index contributed by atoms with van der Waals surface area (Å²) in [5.74, 6) is -1.27. The Morgan fingerprint density at radius 1 is 1.31 bits per heavy atom. The van der Waals surface area contributed by atoms with E-state index < -0.39 is 11.6 Å². The predicted molar refractivity (Wildman–Crippen MR) is 61.9 cm³/mol. The number of benzene rings is 1. The number of hydrogen-bond donors (Lipinski definition) is 3. The van der Waals surface area contributed by atoms with E-state index >= 15 is 0 Å². The molecule has 0 bridgehead atoms. The number of halogens is 2. The van der Waals surface area contributed by atoms with Crippen LogP contribution >= 0.6 is 12.2 Å². The molecule has 1 fully saturated rings. The Kier molecular flexibility index (Phi) is 3.19. The molecule has 86 valence electrons. The zero-order valence-corrected chi connectivity index (χ0v) is 9.20. The lowest BCUT2D eigenvalue weighted by Crippen LogP contribution is -2.40. The molecule has 1 aliphatic rings. The molecule has 0 aliphatic heterocycles. The van der Waals surface area contributed by atoms with Crippen molar-refractivity contribution in [1.29, 1.82) is 0 Å². The summed E-state index contributed by atoms with van der Waals surface area (Å²) < 4.78 is 25.8. The summed E-state index contributed by atoms with van der Waals surface area (Å²) in [6.07, 6.45) is 2.21. The van der Waals surface area contributed by atoms with Gasteiger partial charge in [0.25, 0.3) is 0 Å². The second-order valence-electron chi connectivity index (χ2n) is 3.62. The summed E-state index contributed by atoms with van der Waals surface area (Å²) in [7, 11) is 0. The van der Waals surface area contributed by atoms with Crippen LogP contribution in [0.2, 0.25) is 0 Å². The lowest BCUT2D eigenvalue weighted by Gasteiger charge is -2.12. The summed E-state index contributed by atoms with van der Waals surface area (Å²) in [4.78, 5) is 0. The van der Waals surface area contributed by atoms with Gasteiger partial charge in [-0.15, -0.1) is 0 Å². The van der Waals surface area contributed by atoms with Crippen molar-refractivity contribution in [3.63, 3.8) is 0 Å². The molecule has 1 aromatic rings. The van der Waals surface area contributed by atoms with E-state index in [1.54, 1.807) is 0 Å². The third-order valence-corrected chi connectivity index (χ3v) is 2.37. The summed E-state index contributed by atoms with van der Waals surface area (Å²) in [6.45, 7) is 0. The third kappa shape index (κ3) is 3.03. The molecule has 0 saturated heterocycles. The first-order valence-electron chi connectivity index (χ1n) is 4.93. The lowest BCUT2D eigenvalue weighted by atomic mass is 10.3. The second-order valence-corrected chi connectivity index (χ2v) is 4.03. The van der Waals surface area contributed by atoms with E-state index in [0.717, 1.165) is 18.9 Å². The van der Waals surface area contributed by atoms with Gasteiger partial charge < -0.3 is 5.32 Å². The van der Waals surface area contributed by atoms with Crippen molar-refractivity contribution in [3.8, 4) is 0 Å². The monoisotopic (exact) mass is 243 g/mol.